The maximum atomic E-state index is 14.7. The summed E-state index contributed by atoms with van der Waals surface area (Å²) in [5.74, 6) is 0.181. The molecule has 22 heteroatoms. The lowest BCUT2D eigenvalue weighted by Gasteiger charge is -2.32. The van der Waals surface area contributed by atoms with Crippen molar-refractivity contribution in [2.24, 2.45) is 0 Å². The highest BCUT2D eigenvalue weighted by atomic mass is 79.9. The first-order valence-corrected chi connectivity index (χ1v) is 28.4. The van der Waals surface area contributed by atoms with Gasteiger partial charge in [0.1, 0.15) is 34.3 Å². The maximum absolute atomic E-state index is 14.7. The molecule has 7 rings (SSSR count). The average molecular weight is 1170 g/mol. The number of benzene rings is 2. The molecule has 5 fully saturated rings. The Balaban J connectivity index is 0.000000226. The van der Waals surface area contributed by atoms with E-state index >= 15 is 0 Å². The molecule has 2 amide bonds. The zero-order valence-corrected chi connectivity index (χ0v) is 51.6. The van der Waals surface area contributed by atoms with Gasteiger partial charge in [0.2, 0.25) is 0 Å². The van der Waals surface area contributed by atoms with Gasteiger partial charge in [-0.3, -0.25) is 0 Å². The number of amides is 2. The molecule has 0 bridgehead atoms. The summed E-state index contributed by atoms with van der Waals surface area (Å²) in [5, 5.41) is 0. The molecular weight excluding hydrogens is 1070 g/mol. The zero-order chi connectivity index (χ0) is 58.3. The Labute approximate surface area is 474 Å². The van der Waals surface area contributed by atoms with Crippen molar-refractivity contribution >= 4 is 54.7 Å². The molecule has 78 heavy (non-hydrogen) atoms. The molecule has 0 saturated carbocycles. The molecule has 16 nitrogen and oxygen atoms in total. The van der Waals surface area contributed by atoms with Gasteiger partial charge in [0.05, 0.1) is 76.6 Å². The van der Waals surface area contributed by atoms with Crippen molar-refractivity contribution in [1.82, 2.24) is 9.80 Å². The van der Waals surface area contributed by atoms with E-state index in [-0.39, 0.29) is 52.5 Å². The van der Waals surface area contributed by atoms with Crippen molar-refractivity contribution in [2.75, 3.05) is 52.7 Å². The fourth-order valence-electron chi connectivity index (χ4n) is 8.61. The average Bonchev–Trinajstić information content (AvgIpc) is 4.11. The number of hydrogen-bond donors (Lipinski definition) is 0. The second kappa shape index (κ2) is 26.4. The van der Waals surface area contributed by atoms with Gasteiger partial charge in [-0.15, -0.1) is 0 Å². The number of rotatable bonds is 16. The summed E-state index contributed by atoms with van der Waals surface area (Å²) >= 11 is 3.11. The van der Waals surface area contributed by atoms with Crippen LogP contribution in [0.25, 0.3) is 0 Å². The van der Waals surface area contributed by atoms with Gasteiger partial charge in [0.15, 0.2) is 0 Å². The van der Waals surface area contributed by atoms with Crippen molar-refractivity contribution in [3.05, 3.63) is 52.5 Å². The highest BCUT2D eigenvalue weighted by molar-refractivity contribution is 9.10. The van der Waals surface area contributed by atoms with Crippen molar-refractivity contribution in [3.63, 3.8) is 0 Å². The van der Waals surface area contributed by atoms with Crippen LogP contribution in [-0.2, 0) is 46.9 Å². The zero-order valence-electron chi connectivity index (χ0n) is 50.0. The summed E-state index contributed by atoms with van der Waals surface area (Å²) < 4.78 is 97.8. The first-order valence-electron chi connectivity index (χ1n) is 27.6. The van der Waals surface area contributed by atoms with Gasteiger partial charge in [-0.05, 0) is 184 Å². The maximum Gasteiger partial charge on any atom is 0.497 e. The third-order valence-corrected chi connectivity index (χ3v) is 15.8. The summed E-state index contributed by atoms with van der Waals surface area (Å²) in [7, 11) is -1.70. The summed E-state index contributed by atoms with van der Waals surface area (Å²) in [4.78, 5) is 28.1. The number of carbonyl (C=O) groups is 2. The summed E-state index contributed by atoms with van der Waals surface area (Å²) in [6, 6.07) is 9.51. The van der Waals surface area contributed by atoms with Gasteiger partial charge < -0.3 is 66.1 Å². The van der Waals surface area contributed by atoms with Gasteiger partial charge >= 0.3 is 33.3 Å². The number of nitrogens with zero attached hydrogens (tertiary/aromatic N) is 2. The third-order valence-electron chi connectivity index (χ3n) is 15.2. The molecule has 438 valence electrons. The Hall–Kier alpha value is -3.21. The number of hydrogen-bond acceptors (Lipinski definition) is 14. The van der Waals surface area contributed by atoms with Crippen LogP contribution in [0.4, 0.5) is 18.4 Å². The Bertz CT molecular complexity index is 2220. The molecule has 2 aromatic carbocycles. The molecule has 2 atom stereocenters. The molecule has 0 aromatic heterocycles. The van der Waals surface area contributed by atoms with Crippen LogP contribution in [0.15, 0.2) is 40.9 Å². The molecule has 5 saturated heterocycles. The first kappa shape index (κ1) is 65.6. The van der Waals surface area contributed by atoms with Crippen molar-refractivity contribution in [3.8, 4) is 11.5 Å². The molecule has 0 spiro atoms. The Morgan fingerprint density at radius 3 is 1.28 bits per heavy atom. The Kier molecular flexibility index (Phi) is 22.2. The van der Waals surface area contributed by atoms with Crippen molar-refractivity contribution < 1.29 is 74.7 Å². The van der Waals surface area contributed by atoms with E-state index in [0.717, 1.165) is 25.7 Å². The highest BCUT2D eigenvalue weighted by Gasteiger charge is 2.64. The van der Waals surface area contributed by atoms with Crippen LogP contribution in [0, 0.1) is 11.6 Å². The molecular formula is C56H90B3BrF2N2O14. The van der Waals surface area contributed by atoms with Crippen LogP contribution >= 0.6 is 15.9 Å². The molecule has 5 heterocycles. The van der Waals surface area contributed by atoms with Crippen LogP contribution in [0.2, 0.25) is 0 Å². The number of halogens is 3. The van der Waals surface area contributed by atoms with Crippen molar-refractivity contribution in [1.29, 1.82) is 0 Å². The summed E-state index contributed by atoms with van der Waals surface area (Å²) in [5.41, 5.74) is -3.13. The van der Waals surface area contributed by atoms with Gasteiger partial charge in [0, 0.05) is 56.7 Å². The summed E-state index contributed by atoms with van der Waals surface area (Å²) in [6.45, 7) is 39.4. The van der Waals surface area contributed by atoms with Crippen LogP contribution in [0.5, 0.6) is 11.5 Å². The van der Waals surface area contributed by atoms with E-state index in [4.69, 9.17) is 56.3 Å². The van der Waals surface area contributed by atoms with Crippen LogP contribution in [0.3, 0.4) is 0 Å². The van der Waals surface area contributed by atoms with Crippen LogP contribution < -0.4 is 14.9 Å². The predicted molar refractivity (Wildman–Crippen MR) is 302 cm³/mol. The van der Waals surface area contributed by atoms with E-state index in [1.54, 1.807) is 34.1 Å². The lowest BCUT2D eigenvalue weighted by molar-refractivity contribution is 0.00578. The van der Waals surface area contributed by atoms with E-state index in [1.165, 1.54) is 12.1 Å². The second-order valence-corrected chi connectivity index (χ2v) is 26.4. The van der Waals surface area contributed by atoms with E-state index < -0.39 is 49.4 Å². The second-order valence-electron chi connectivity index (χ2n) is 25.6. The SMILES string of the molecule is CC(C)(C)OC(=O)N1CCC[C@H]1COCCCOc1ccc(B2OC(C)(C)C(C)(C)O2)c(F)c1.CC(C)(C)OC(=O)N1CCC[C@H]1COCCCOc1ccc(Br)c(F)c1.CC1(C)OB(B2OC(C)(C)C(C)(C)O2)OC1(C)C. The minimum Gasteiger partial charge on any atom is -0.493 e. The normalized spacial score (nSPS) is 22.7. The minimum atomic E-state index is -0.747. The molecule has 5 aliphatic heterocycles. The van der Waals surface area contributed by atoms with Crippen LogP contribution in [-0.4, -0.2) is 153 Å². The van der Waals surface area contributed by atoms with E-state index in [2.05, 4.69) is 15.9 Å². The van der Waals surface area contributed by atoms with Gasteiger partial charge in [-0.25, -0.2) is 18.4 Å². The topological polar surface area (TPSA) is 151 Å². The van der Waals surface area contributed by atoms with E-state index in [1.807, 2.05) is 125 Å². The molecule has 5 aliphatic rings. The Morgan fingerprint density at radius 2 is 0.923 bits per heavy atom. The number of likely N-dealkylation sites (tertiary alicyclic amines) is 2. The lowest BCUT2D eigenvalue weighted by Crippen LogP contribution is -2.41. The van der Waals surface area contributed by atoms with Crippen LogP contribution in [0.1, 0.15) is 163 Å². The monoisotopic (exact) mass is 1160 g/mol. The fourth-order valence-corrected chi connectivity index (χ4v) is 8.85. The van der Waals surface area contributed by atoms with Crippen molar-refractivity contribution in [2.45, 2.75) is 220 Å². The highest BCUT2D eigenvalue weighted by Crippen LogP contribution is 2.43. The Morgan fingerprint density at radius 1 is 0.564 bits per heavy atom. The summed E-state index contributed by atoms with van der Waals surface area (Å²) in [6.07, 6.45) is 4.53. The number of ether oxygens (including phenoxy) is 6. The quantitative estimate of drug-likeness (QED) is 0.116. The minimum absolute atomic E-state index is 0.0346. The number of carbonyl (C=O) groups excluding carboxylic acids is 2. The molecule has 0 N–H and O–H groups in total. The van der Waals surface area contributed by atoms with E-state index in [9.17, 15) is 18.4 Å². The van der Waals surface area contributed by atoms with Gasteiger partial charge in [-0.1, -0.05) is 6.07 Å². The molecule has 0 radical (unpaired) electrons. The smallest absolute Gasteiger partial charge is 0.493 e. The largest absolute Gasteiger partial charge is 0.497 e. The standard InChI is InChI=1S/C25H39BFNO6.C19H27BrFNO4.C12H24B2O4/c1-23(2,3)32-22(29)28-13-8-10-18(28)17-30-14-9-15-31-19-11-12-20(21(27)16-19)26-33-24(4,5)25(6,7)34-26;1-19(2,3)26-18(23)22-9-4-6-14(22)13-24-10-5-11-25-15-7-8-16(20)17(21)12-15;1-9(2)10(3,4)16-13(15-9)14-17-11(5,6)12(7,8)18-14/h11-12,16,18H,8-10,13-15,17H2,1-7H3;7-8,12,14H,4-6,9-11,13H2,1-3H3;1-8H3/t18-;14-;/m00./s1. The van der Waals surface area contributed by atoms with Gasteiger partial charge in [0.25, 0.3) is 0 Å². The molecule has 2 aromatic rings. The molecule has 0 unspecified atom stereocenters. The first-order chi connectivity index (χ1) is 35.9. The fraction of sp³-hybridized carbons (Fsp3) is 0.750. The predicted octanol–water partition coefficient (Wildman–Crippen LogP) is 11.3. The van der Waals surface area contributed by atoms with E-state index in [0.29, 0.717) is 87.0 Å². The third kappa shape index (κ3) is 18.1. The lowest BCUT2D eigenvalue weighted by atomic mass is 9.49. The van der Waals surface area contributed by atoms with Gasteiger partial charge in [-0.2, -0.15) is 0 Å². The molecule has 0 aliphatic carbocycles.